The molecule has 0 N–H and O–H groups in total. The molecule has 9 heteroatoms. The molecule has 2 unspecified atom stereocenters. The molecule has 7 heterocycles. The second-order valence-corrected chi connectivity index (χ2v) is 36.2. The monoisotopic (exact) mass is 2130 g/mol. The predicted octanol–water partition coefficient (Wildman–Crippen LogP) is 34.3. The molecule has 133 heavy (non-hydrogen) atoms. The third-order valence-corrected chi connectivity index (χ3v) is 23.3. The topological polar surface area (TPSA) is 90.7 Å². The second-order valence-electron chi connectivity index (χ2n) is 36.2. The molecule has 1 saturated carbocycles. The van der Waals surface area contributed by atoms with E-state index >= 15 is 0 Å². The number of nitrogens with zero attached hydrogens (tertiary/aromatic N) is 5. The summed E-state index contributed by atoms with van der Waals surface area (Å²) < 4.78 is 294. The molecule has 0 spiro atoms. The molecule has 11 aromatic carbocycles. The van der Waals surface area contributed by atoms with Crippen LogP contribution in [-0.4, -0.2) is 24.9 Å². The largest absolute Gasteiger partial charge is 0.501 e. The molecule has 0 saturated heterocycles. The van der Waals surface area contributed by atoms with Crippen LogP contribution in [0.2, 0.25) is 0 Å². The van der Waals surface area contributed by atoms with E-state index in [1.807, 2.05) is 133 Å². The van der Waals surface area contributed by atoms with Crippen LogP contribution in [-0.2, 0) is 53.0 Å². The number of rotatable bonds is 15. The molecule has 7 nitrogen and oxygen atoms in total. The van der Waals surface area contributed by atoms with Gasteiger partial charge in [0.15, 0.2) is 0 Å². The average molecular weight is 2130 g/mol. The van der Waals surface area contributed by atoms with E-state index in [0.717, 1.165) is 70.8 Å². The van der Waals surface area contributed by atoms with Crippen molar-refractivity contribution in [3.63, 3.8) is 0 Å². The van der Waals surface area contributed by atoms with Gasteiger partial charge < -0.3 is 28.8 Å². The minimum Gasteiger partial charge on any atom is -0.501 e. The van der Waals surface area contributed by atoms with Crippen molar-refractivity contribution < 1.29 is 95.7 Å². The fourth-order valence-electron chi connectivity index (χ4n) is 16.7. The van der Waals surface area contributed by atoms with Crippen LogP contribution in [0, 0.1) is 102 Å². The fourth-order valence-corrected chi connectivity index (χ4v) is 16.7. The maximum absolute atomic E-state index is 9.56. The van der Waals surface area contributed by atoms with Gasteiger partial charge in [-0.15, -0.1) is 107 Å². The first-order valence-corrected chi connectivity index (χ1v) is 43.5. The van der Waals surface area contributed by atoms with Crippen LogP contribution in [0.4, 0.5) is 0 Å². The zero-order chi connectivity index (χ0) is 121. The first-order valence-electron chi connectivity index (χ1n) is 60.5. The Kier molecular flexibility index (Phi) is 19.2. The molecule has 7 aromatic heterocycles. The van der Waals surface area contributed by atoms with E-state index in [4.69, 9.17) is 51.3 Å². The Balaban J connectivity index is 0.000000189. The van der Waals surface area contributed by atoms with Crippen molar-refractivity contribution in [2.45, 2.75) is 201 Å². The summed E-state index contributed by atoms with van der Waals surface area (Å²) in [6, 6.07) is 83.5. The molecule has 1 fully saturated rings. The van der Waals surface area contributed by atoms with Gasteiger partial charge in [-0.3, -0.25) is 0 Å². The number of fused-ring (bicyclic) bond motifs is 6. The Morgan fingerprint density at radius 1 is 0.436 bits per heavy atom. The number of hydrogen-bond donors (Lipinski definition) is 0. The van der Waals surface area contributed by atoms with E-state index in [9.17, 15) is 4.11 Å². The number of aryl methyl sites for hydroxylation is 9. The van der Waals surface area contributed by atoms with Crippen LogP contribution in [0.3, 0.4) is 0 Å². The van der Waals surface area contributed by atoms with Gasteiger partial charge in [0, 0.05) is 128 Å². The van der Waals surface area contributed by atoms with Gasteiger partial charge in [-0.1, -0.05) is 288 Å². The average Bonchev–Trinajstić information content (AvgIpc) is 0.999. The normalized spacial score (nSPS) is 18.6. The van der Waals surface area contributed by atoms with E-state index in [-0.39, 0.29) is 152 Å². The molecule has 18 aromatic rings. The van der Waals surface area contributed by atoms with Crippen LogP contribution in [0.15, 0.2) is 282 Å². The van der Waals surface area contributed by atoms with Gasteiger partial charge in [-0.05, 0) is 289 Å². The molecular weight excluding hydrogens is 1980 g/mol. The minimum absolute atomic E-state index is 0. The van der Waals surface area contributed by atoms with E-state index in [0.29, 0.717) is 88.6 Å². The zero-order valence-electron chi connectivity index (χ0n) is 110. The van der Waals surface area contributed by atoms with Gasteiger partial charge in [0.05, 0.1) is 11.2 Å². The second kappa shape index (κ2) is 41.3. The minimum atomic E-state index is -3.04. The SMILES string of the molecule is [2H]C([2H])([2H])c1c[c-]c(-c2ccc(C([2H])([2H])C(C)(C)C)cn2)cc1.[2H]C([2H])([2H])c1c[c-]c(-c2ccc(C([2H])([2H])C(C)(C)C)cn2)cc1.[2H]C([2H])([2H])c1cc(C)c2c(c1)oc1c(-c3cc(-c4c(C([2H])(C)C([2H])([2H])[2H])cc(-c5ccc(-c6ccc(-c7ccccc7)cc6)cc5)cc4C([2H])(C)C([2H])([2H])[2H])c(C([2H])([2H])[2H])cn3)[c-]ccc12.[2H]C([2H])([2H])c1ccc2c(n1)oc1c(-c3cc(-c4ccc(-c5ccc(C6([2H])CCC(C)(C)CC6)cc5C)cc4C([2H])([2H])[2H])c(C([2H])([2H])[2H])cn3)[c-]ccc12.[Ir].[Ir]. The number of aromatic nitrogens is 5. The Bertz CT molecular complexity index is 8470. The van der Waals surface area contributed by atoms with Crippen LogP contribution < -0.4 is 0 Å². The number of pyridine rings is 5. The summed E-state index contributed by atoms with van der Waals surface area (Å²) >= 11 is 0. The van der Waals surface area contributed by atoms with E-state index in [2.05, 4.69) is 63.0 Å². The molecule has 1 aliphatic carbocycles. The standard InChI is InChI=1S/C50H44NO.C40H39N2O.2C17H20N.2Ir/c1-30(2)43-26-40(39-22-20-38(21-23-39)37-18-16-36(17-19-37)35-12-9-8-10-13-35)27-44(31(3)4)49(43)45-28-46(51-29-34(45)7)41-14-11-15-42-48-33(6)24-32(5)25-47(48)52-50(41)42;1-24-20-29(28-16-18-40(5,6)19-17-28)11-14-31(24)30-12-15-32(25(2)21-30)36-22-37(41-23-26(36)3)35-9-7-8-33-34-13-10-27(4)42-39(34)43-38(33)35;2*1-13-5-8-15(9-6-13)16-10-7-14(12-18-16)11-17(2,3)4;;/h8-13,15-31H,1-7H3;7-8,10-15,20-23,28H,16-19H2,1-6H3;2*5-8,10,12H,11H2,1-4H3;;/q4*-1;;/i1D3,3D3,5D3,7D3,30D,31D;2D3,3D3,4D3,28D;2*1D3,11D2;;. The Morgan fingerprint density at radius 2 is 0.955 bits per heavy atom. The molecule has 0 bridgehead atoms. The number of furan rings is 2. The van der Waals surface area contributed by atoms with Crippen molar-refractivity contribution in [3.8, 4) is 112 Å². The van der Waals surface area contributed by atoms with Crippen LogP contribution in [0.25, 0.3) is 156 Å². The molecule has 0 aliphatic heterocycles. The summed E-state index contributed by atoms with van der Waals surface area (Å²) in [7, 11) is 0. The van der Waals surface area contributed by atoms with Gasteiger partial charge in [0.1, 0.15) is 5.58 Å². The van der Waals surface area contributed by atoms with Crippen LogP contribution in [0.1, 0.15) is 251 Å². The molecule has 0 amide bonds. The summed E-state index contributed by atoms with van der Waals surface area (Å²) in [5.74, 6) is -5.65. The molecule has 2 atom stereocenters. The van der Waals surface area contributed by atoms with Gasteiger partial charge in [-0.25, -0.2) is 4.98 Å². The summed E-state index contributed by atoms with van der Waals surface area (Å²) in [5.41, 5.74) is 13.2. The van der Waals surface area contributed by atoms with Crippen molar-refractivity contribution in [1.82, 2.24) is 24.9 Å². The van der Waals surface area contributed by atoms with Crippen molar-refractivity contribution in [1.29, 1.82) is 0 Å². The van der Waals surface area contributed by atoms with Gasteiger partial charge >= 0.3 is 0 Å². The third-order valence-electron chi connectivity index (χ3n) is 23.3. The molecule has 1 aliphatic rings. The Hall–Kier alpha value is -11.9. The van der Waals surface area contributed by atoms with Gasteiger partial charge in [0.2, 0.25) is 5.71 Å². The fraction of sp³-hybridized carbons (Fsp3) is 0.266. The predicted molar refractivity (Wildman–Crippen MR) is 551 cm³/mol. The summed E-state index contributed by atoms with van der Waals surface area (Å²) in [4.78, 5) is 21.9. The maximum Gasteiger partial charge on any atom is 0.216 e. The van der Waals surface area contributed by atoms with E-state index < -0.39 is 103 Å². The molecule has 19 rings (SSSR count). The van der Waals surface area contributed by atoms with Crippen molar-refractivity contribution in [3.05, 3.63) is 376 Å². The van der Waals surface area contributed by atoms with Crippen LogP contribution >= 0.6 is 0 Å². The summed E-state index contributed by atoms with van der Waals surface area (Å²) in [6.45, 7) is -1.69. The molecule has 2 radical (unpaired) electrons. The van der Waals surface area contributed by atoms with Gasteiger partial charge in [-0.2, -0.15) is 0 Å². The smallest absolute Gasteiger partial charge is 0.216 e. The van der Waals surface area contributed by atoms with Crippen molar-refractivity contribution in [2.24, 2.45) is 16.2 Å². The Labute approximate surface area is 864 Å². The summed E-state index contributed by atoms with van der Waals surface area (Å²) in [6.07, 6.45) is 5.94. The maximum atomic E-state index is 9.56. The number of benzene rings is 11. The van der Waals surface area contributed by atoms with Crippen molar-refractivity contribution >= 4 is 44.0 Å². The summed E-state index contributed by atoms with van der Waals surface area (Å²) in [5, 5.41) is 2.47. The van der Waals surface area contributed by atoms with Crippen molar-refractivity contribution in [2.75, 3.05) is 0 Å². The first kappa shape index (κ1) is 61.8. The zero-order valence-corrected chi connectivity index (χ0v) is 80.8. The molecular formula is C124H123Ir2N5O2-4. The Morgan fingerprint density at radius 3 is 1.47 bits per heavy atom. The van der Waals surface area contributed by atoms with Gasteiger partial charge in [0.25, 0.3) is 0 Å². The third kappa shape index (κ3) is 22.8. The molecule has 678 valence electrons. The van der Waals surface area contributed by atoms with E-state index in [1.165, 1.54) is 74.9 Å². The quantitative estimate of drug-likeness (QED) is 0.0945. The number of hydrogen-bond acceptors (Lipinski definition) is 7. The van der Waals surface area contributed by atoms with E-state index in [1.54, 1.807) is 128 Å². The van der Waals surface area contributed by atoms with Crippen LogP contribution in [0.5, 0.6) is 0 Å². The first-order chi connectivity index (χ1) is 76.2.